The van der Waals surface area contributed by atoms with Crippen LogP contribution in [0, 0.1) is 0 Å². The van der Waals surface area contributed by atoms with Gasteiger partial charge in [-0.3, -0.25) is 14.4 Å². The van der Waals surface area contributed by atoms with Crippen molar-refractivity contribution in [3.8, 4) is 17.2 Å². The molecule has 11 N–H and O–H groups in total. The molecule has 15 heteroatoms. The SMILES string of the molecule is CC(=O)Oc1cc(CO)c2c(c1C=Cc1ccccc1)C(=O)c1cc(O[C@H]3O[C@H](C)[C@@H](O)C(O)(O)[C@H]3O)c([C@H](O)c3cccc(C(N)N)c3)c(O)c1C2=O. The quantitative estimate of drug-likeness (QED) is 0.0445. The number of aromatic hydroxyl groups is 1. The molecule has 1 aliphatic heterocycles. The van der Waals surface area contributed by atoms with Gasteiger partial charge in [-0.15, -0.1) is 0 Å². The predicted molar refractivity (Wildman–Crippen MR) is 190 cm³/mol. The highest BCUT2D eigenvalue weighted by molar-refractivity contribution is 6.31. The molecule has 4 aromatic carbocycles. The molecule has 1 fully saturated rings. The van der Waals surface area contributed by atoms with Crippen LogP contribution in [-0.2, 0) is 16.1 Å². The Morgan fingerprint density at radius 3 is 2.24 bits per heavy atom. The van der Waals surface area contributed by atoms with E-state index in [1.807, 2.05) is 0 Å². The zero-order chi connectivity index (χ0) is 39.2. The Kier molecular flexibility index (Phi) is 10.5. The maximum Gasteiger partial charge on any atom is 0.308 e. The van der Waals surface area contributed by atoms with Gasteiger partial charge in [-0.2, -0.15) is 0 Å². The lowest BCUT2D eigenvalue weighted by Crippen LogP contribution is -2.67. The molecule has 0 saturated carbocycles. The van der Waals surface area contributed by atoms with Gasteiger partial charge in [0, 0.05) is 29.2 Å². The Hall–Kier alpha value is -5.33. The van der Waals surface area contributed by atoms with Crippen molar-refractivity contribution < 1.29 is 64.3 Å². The van der Waals surface area contributed by atoms with E-state index in [9.17, 15) is 50.1 Å². The van der Waals surface area contributed by atoms with E-state index in [2.05, 4.69) is 0 Å². The van der Waals surface area contributed by atoms with Crippen LogP contribution in [0.25, 0.3) is 12.2 Å². The van der Waals surface area contributed by atoms with Crippen molar-refractivity contribution in [1.82, 2.24) is 0 Å². The van der Waals surface area contributed by atoms with Gasteiger partial charge in [0.05, 0.1) is 30.0 Å². The third-order valence-electron chi connectivity index (χ3n) is 9.35. The summed E-state index contributed by atoms with van der Waals surface area (Å²) >= 11 is 0. The van der Waals surface area contributed by atoms with Gasteiger partial charge in [-0.1, -0.05) is 54.6 Å². The highest BCUT2D eigenvalue weighted by Crippen LogP contribution is 2.47. The minimum absolute atomic E-state index is 0.00884. The van der Waals surface area contributed by atoms with Gasteiger partial charge >= 0.3 is 5.97 Å². The van der Waals surface area contributed by atoms with Crippen molar-refractivity contribution in [2.45, 2.75) is 63.1 Å². The van der Waals surface area contributed by atoms with Crippen LogP contribution in [0.3, 0.4) is 0 Å². The number of hydrogen-bond donors (Lipinski definition) is 9. The maximum atomic E-state index is 14.7. The molecule has 0 bridgehead atoms. The van der Waals surface area contributed by atoms with Crippen LogP contribution in [0.4, 0.5) is 0 Å². The van der Waals surface area contributed by atoms with Crippen molar-refractivity contribution in [2.75, 3.05) is 0 Å². The third kappa shape index (κ3) is 6.80. The monoisotopic (exact) mass is 742 g/mol. The van der Waals surface area contributed by atoms with Gasteiger partial charge in [-0.25, -0.2) is 0 Å². The Morgan fingerprint density at radius 1 is 0.907 bits per heavy atom. The van der Waals surface area contributed by atoms with Gasteiger partial charge in [0.15, 0.2) is 17.7 Å². The molecule has 1 saturated heterocycles. The average molecular weight is 743 g/mol. The van der Waals surface area contributed by atoms with E-state index in [1.54, 1.807) is 42.5 Å². The van der Waals surface area contributed by atoms with Crippen LogP contribution in [0.5, 0.6) is 17.2 Å². The van der Waals surface area contributed by atoms with E-state index in [1.165, 1.54) is 37.3 Å². The van der Waals surface area contributed by atoms with E-state index in [-0.39, 0.29) is 33.6 Å². The van der Waals surface area contributed by atoms with Crippen LogP contribution in [-0.4, -0.2) is 83.7 Å². The Balaban J connectivity index is 1.60. The zero-order valence-corrected chi connectivity index (χ0v) is 28.9. The number of phenolic OH excluding ortho intramolecular Hbond substituents is 1. The summed E-state index contributed by atoms with van der Waals surface area (Å²) in [6.07, 6.45) is -7.38. The van der Waals surface area contributed by atoms with E-state index < -0.39 is 95.0 Å². The number of nitrogens with two attached hydrogens (primary N) is 2. The lowest BCUT2D eigenvalue weighted by molar-refractivity contribution is -0.371. The van der Waals surface area contributed by atoms with Gasteiger partial charge in [-0.05, 0) is 53.5 Å². The summed E-state index contributed by atoms with van der Waals surface area (Å²) in [5, 5.41) is 76.2. The summed E-state index contributed by atoms with van der Waals surface area (Å²) in [7, 11) is 0. The highest BCUT2D eigenvalue weighted by Gasteiger charge is 2.54. The number of carbonyl (C=O) groups excluding carboxylic acids is 3. The molecule has 6 rings (SSSR count). The number of phenols is 1. The number of carbonyl (C=O) groups is 3. The average Bonchev–Trinajstić information content (AvgIpc) is 3.14. The second-order valence-electron chi connectivity index (χ2n) is 13.0. The summed E-state index contributed by atoms with van der Waals surface area (Å²) in [5.74, 6) is -7.39. The van der Waals surface area contributed by atoms with Crippen LogP contribution >= 0.6 is 0 Å². The van der Waals surface area contributed by atoms with Gasteiger partial charge in [0.25, 0.3) is 0 Å². The molecular weight excluding hydrogens is 704 g/mol. The Labute approximate surface area is 307 Å². The summed E-state index contributed by atoms with van der Waals surface area (Å²) < 4.78 is 16.9. The molecule has 15 nitrogen and oxygen atoms in total. The van der Waals surface area contributed by atoms with Crippen molar-refractivity contribution in [2.24, 2.45) is 11.5 Å². The first-order valence-electron chi connectivity index (χ1n) is 16.7. The smallest absolute Gasteiger partial charge is 0.308 e. The minimum Gasteiger partial charge on any atom is -0.507 e. The molecule has 0 radical (unpaired) electrons. The van der Waals surface area contributed by atoms with Crippen LogP contribution in [0.2, 0.25) is 0 Å². The number of esters is 1. The number of ketones is 2. The second kappa shape index (κ2) is 14.8. The van der Waals surface area contributed by atoms with E-state index in [0.717, 1.165) is 13.0 Å². The number of aliphatic hydroxyl groups is 6. The van der Waals surface area contributed by atoms with Crippen molar-refractivity contribution in [3.63, 3.8) is 0 Å². The standard InChI is InChI=1S/C39H38N2O13/c1-17-35(48)39(50,51)36(49)38(52-17)54-26-15-24-29(34(47)30(26)31(44)20-9-6-10-21(13-20)37(40)41)33(46)27-22(16-42)14-25(53-18(2)43)23(28(27)32(24)45)12-11-19-7-4-3-5-8-19/h3-15,17,31,35-38,42,44,47-51H,16,40-41H2,1-2H3/t17-,31-,35-,36+,38-/m1/s1. The molecule has 5 atom stereocenters. The fourth-order valence-electron chi connectivity index (χ4n) is 6.59. The van der Waals surface area contributed by atoms with Crippen LogP contribution < -0.4 is 20.9 Å². The van der Waals surface area contributed by atoms with Gasteiger partial charge in [0.1, 0.15) is 29.5 Å². The van der Waals surface area contributed by atoms with Crippen molar-refractivity contribution >= 4 is 29.7 Å². The fraction of sp³-hybridized carbons (Fsp3) is 0.256. The lowest BCUT2D eigenvalue weighted by Gasteiger charge is -2.44. The molecule has 0 aromatic heterocycles. The molecule has 4 aromatic rings. The number of fused-ring (bicyclic) bond motifs is 2. The van der Waals surface area contributed by atoms with Gasteiger partial charge in [0.2, 0.25) is 12.1 Å². The summed E-state index contributed by atoms with van der Waals surface area (Å²) in [4.78, 5) is 41.4. The number of benzene rings is 4. The maximum absolute atomic E-state index is 14.7. The molecule has 282 valence electrons. The fourth-order valence-corrected chi connectivity index (χ4v) is 6.59. The zero-order valence-electron chi connectivity index (χ0n) is 28.9. The first kappa shape index (κ1) is 38.4. The van der Waals surface area contributed by atoms with E-state index in [4.69, 9.17) is 25.7 Å². The number of ether oxygens (including phenoxy) is 3. The van der Waals surface area contributed by atoms with Crippen molar-refractivity contribution in [3.05, 3.63) is 122 Å². The second-order valence-corrected chi connectivity index (χ2v) is 13.0. The first-order chi connectivity index (χ1) is 25.6. The van der Waals surface area contributed by atoms with Crippen LogP contribution in [0.1, 0.15) is 91.3 Å². The van der Waals surface area contributed by atoms with Gasteiger partial charge < -0.3 is 61.4 Å². The van der Waals surface area contributed by atoms with E-state index in [0.29, 0.717) is 11.1 Å². The number of rotatable bonds is 9. The predicted octanol–water partition coefficient (Wildman–Crippen LogP) is 1.28. The van der Waals surface area contributed by atoms with Crippen molar-refractivity contribution in [1.29, 1.82) is 0 Å². The molecule has 54 heavy (non-hydrogen) atoms. The van der Waals surface area contributed by atoms with Crippen LogP contribution in [0.15, 0.2) is 66.7 Å². The largest absolute Gasteiger partial charge is 0.507 e. The van der Waals surface area contributed by atoms with E-state index >= 15 is 0 Å². The highest BCUT2D eigenvalue weighted by atomic mass is 16.7. The first-order valence-corrected chi connectivity index (χ1v) is 16.7. The summed E-state index contributed by atoms with van der Waals surface area (Å²) in [6.45, 7) is 1.60. The Morgan fingerprint density at radius 2 is 1.59 bits per heavy atom. The molecule has 0 spiro atoms. The minimum atomic E-state index is -3.15. The molecule has 1 heterocycles. The summed E-state index contributed by atoms with van der Waals surface area (Å²) in [5.41, 5.74) is 10.6. The number of aliphatic hydroxyl groups excluding tert-OH is 4. The normalized spacial score (nSPS) is 21.2. The topological polar surface area (TPSA) is 273 Å². The lowest BCUT2D eigenvalue weighted by atomic mass is 9.77. The summed E-state index contributed by atoms with van der Waals surface area (Å²) in [6, 6.07) is 17.1. The molecule has 0 unspecified atom stereocenters. The Bertz CT molecular complexity index is 2170. The molecule has 2 aliphatic rings. The number of hydrogen-bond acceptors (Lipinski definition) is 15. The molecular formula is C39H38N2O13. The third-order valence-corrected chi connectivity index (χ3v) is 9.35. The molecule has 0 amide bonds. The molecule has 1 aliphatic carbocycles.